The molecule has 376 valence electrons. The van der Waals surface area contributed by atoms with Crippen LogP contribution in [0.25, 0.3) is 0 Å². The number of unbranched alkanes of at least 4 members (excludes halogenated alkanes) is 3. The van der Waals surface area contributed by atoms with Gasteiger partial charge in [0.15, 0.2) is 5.60 Å². The van der Waals surface area contributed by atoms with Crippen LogP contribution in [0.1, 0.15) is 166 Å². The van der Waals surface area contributed by atoms with E-state index in [1.807, 2.05) is 72.8 Å². The van der Waals surface area contributed by atoms with Crippen molar-refractivity contribution in [2.24, 2.45) is 29.6 Å². The Morgan fingerprint density at radius 1 is 0.575 bits per heavy atom. The number of ether oxygens (including phenoxy) is 4. The van der Waals surface area contributed by atoms with Gasteiger partial charge in [0.1, 0.15) is 5.75 Å². The van der Waals surface area contributed by atoms with Gasteiger partial charge in [-0.3, -0.25) is 9.59 Å². The van der Waals surface area contributed by atoms with E-state index in [0.717, 1.165) is 58.2 Å². The fourth-order valence-electron chi connectivity index (χ4n) is 10.2. The lowest BCUT2D eigenvalue weighted by Gasteiger charge is -2.41. The molecule has 3 aliphatic rings. The minimum Gasteiger partial charge on any atom is -0.465 e. The van der Waals surface area contributed by atoms with Gasteiger partial charge in [0.05, 0.1) is 30.6 Å². The molecule has 3 aliphatic carbocycles. The molecule has 4 aromatic carbocycles. The van der Waals surface area contributed by atoms with Crippen LogP contribution in [0.3, 0.4) is 0 Å². The van der Waals surface area contributed by atoms with Crippen LogP contribution in [0.4, 0.5) is 0 Å². The lowest BCUT2D eigenvalue weighted by molar-refractivity contribution is -0.152. The normalized spacial score (nSPS) is 21.1. The molecule has 0 heterocycles. The molecule has 0 bridgehead atoms. The molecule has 73 heavy (non-hydrogen) atoms. The molecule has 3 saturated carbocycles. The molecule has 4 aromatic rings. The van der Waals surface area contributed by atoms with Gasteiger partial charge in [-0.2, -0.15) is 0 Å². The largest absolute Gasteiger partial charge is 0.465 e. The molecule has 0 saturated heterocycles. The highest BCUT2D eigenvalue weighted by Crippen LogP contribution is 2.45. The fraction of sp³-hybridized carbons (Fsp3) is 0.415. The van der Waals surface area contributed by atoms with Crippen LogP contribution in [0.2, 0.25) is 0 Å². The average molecular weight is 977 g/mol. The summed E-state index contributed by atoms with van der Waals surface area (Å²) in [4.78, 5) is 51.0. The van der Waals surface area contributed by atoms with E-state index in [4.69, 9.17) is 25.4 Å². The molecule has 8 nitrogen and oxygen atoms in total. The maximum Gasteiger partial charge on any atom is 0.339 e. The monoisotopic (exact) mass is 976 g/mol. The fourth-order valence-corrected chi connectivity index (χ4v) is 10.2. The van der Waals surface area contributed by atoms with Crippen molar-refractivity contribution >= 4 is 23.9 Å². The second-order valence-corrected chi connectivity index (χ2v) is 19.9. The minimum atomic E-state index is -0.940. The van der Waals surface area contributed by atoms with Crippen molar-refractivity contribution in [1.29, 1.82) is 0 Å². The van der Waals surface area contributed by atoms with Crippen LogP contribution in [-0.4, -0.2) is 42.7 Å². The van der Waals surface area contributed by atoms with Crippen molar-refractivity contribution in [3.63, 3.8) is 0 Å². The quantitative estimate of drug-likeness (QED) is 0.0273. The van der Waals surface area contributed by atoms with E-state index in [1.165, 1.54) is 51.4 Å². The van der Waals surface area contributed by atoms with Crippen molar-refractivity contribution in [2.75, 3.05) is 13.2 Å². The molecule has 0 atom stereocenters. The molecule has 0 N–H and O–H groups in total. The summed E-state index contributed by atoms with van der Waals surface area (Å²) in [7, 11) is 0. The summed E-state index contributed by atoms with van der Waals surface area (Å²) in [5, 5.41) is 0. The lowest BCUT2D eigenvalue weighted by Crippen LogP contribution is -2.39. The van der Waals surface area contributed by atoms with Gasteiger partial charge in [-0.15, -0.1) is 6.42 Å². The SMILES string of the molecule is C#Cc1ccc(C#Cc2ccc(C#Cc3ccc(C#CC4(OC(=O)c5ccc(OC(=O)C6CCC(C(=O)OCCCCOC(=O)C=C)CC6)cc5)CCC(C5CCC(CCCCC)CC5)CC4)cc3)cc2)cc1. The predicted molar refractivity (Wildman–Crippen MR) is 285 cm³/mol. The van der Waals surface area contributed by atoms with E-state index in [0.29, 0.717) is 74.5 Å². The minimum absolute atomic E-state index is 0.247. The zero-order valence-electron chi connectivity index (χ0n) is 42.4. The maximum absolute atomic E-state index is 14.0. The summed E-state index contributed by atoms with van der Waals surface area (Å²) in [6.45, 7) is 6.13. The van der Waals surface area contributed by atoms with Gasteiger partial charge in [-0.1, -0.05) is 87.6 Å². The molecular formula is C65H68O8. The number of benzene rings is 4. The topological polar surface area (TPSA) is 105 Å². The average Bonchev–Trinajstić information content (AvgIpc) is 3.43. The zero-order valence-corrected chi connectivity index (χ0v) is 42.4. The van der Waals surface area contributed by atoms with Gasteiger partial charge in [-0.25, -0.2) is 9.59 Å². The van der Waals surface area contributed by atoms with Gasteiger partial charge in [0.25, 0.3) is 0 Å². The Labute approximate surface area is 433 Å². The summed E-state index contributed by atoms with van der Waals surface area (Å²) >= 11 is 0. The van der Waals surface area contributed by atoms with E-state index >= 15 is 0 Å². The molecule has 8 heteroatoms. The van der Waals surface area contributed by atoms with E-state index in [-0.39, 0.29) is 37.0 Å². The van der Waals surface area contributed by atoms with Crippen molar-refractivity contribution in [3.8, 4) is 53.6 Å². The summed E-state index contributed by atoms with van der Waals surface area (Å²) in [6, 6.07) is 29.9. The first-order chi connectivity index (χ1) is 35.6. The Morgan fingerprint density at radius 2 is 1.05 bits per heavy atom. The Bertz CT molecular complexity index is 2720. The number of carbonyl (C=O) groups excluding carboxylic acids is 4. The molecule has 7 rings (SSSR count). The van der Waals surface area contributed by atoms with Crippen LogP contribution in [-0.2, 0) is 28.6 Å². The van der Waals surface area contributed by atoms with E-state index in [2.05, 4.69) is 54.9 Å². The third-order valence-electron chi connectivity index (χ3n) is 14.8. The number of hydrogen-bond acceptors (Lipinski definition) is 8. The summed E-state index contributed by atoms with van der Waals surface area (Å²) < 4.78 is 22.6. The van der Waals surface area contributed by atoms with Gasteiger partial charge < -0.3 is 18.9 Å². The van der Waals surface area contributed by atoms with Crippen molar-refractivity contribution in [2.45, 2.75) is 128 Å². The van der Waals surface area contributed by atoms with Crippen molar-refractivity contribution < 1.29 is 38.1 Å². The van der Waals surface area contributed by atoms with Gasteiger partial charge in [0.2, 0.25) is 0 Å². The Morgan fingerprint density at radius 3 is 1.56 bits per heavy atom. The first-order valence-corrected chi connectivity index (χ1v) is 26.5. The molecule has 0 spiro atoms. The standard InChI is InChI=1S/C65H68O8/c1-4-7-8-11-49-28-30-55(31-29-49)56-41-44-65(45-42-56,43-40-54-26-24-53(25-27-54)23-22-52-20-18-51(19-21-52)17-16-50-14-12-48(5-2)13-15-50)73-64(69)59-36-38-60(39-37-59)72-63(68)58-34-32-57(33-35-58)62(67)71-47-10-9-46-70-61(66)6-3/h2,6,12-15,18-21,24-27,36-39,49,55-58H,3-4,7-11,28-35,41-42,44-47H2,1H3. The van der Waals surface area contributed by atoms with E-state index < -0.39 is 17.5 Å². The third kappa shape index (κ3) is 16.6. The zero-order chi connectivity index (χ0) is 51.3. The third-order valence-corrected chi connectivity index (χ3v) is 14.8. The van der Waals surface area contributed by atoms with Crippen LogP contribution >= 0.6 is 0 Å². The number of rotatable bonds is 16. The number of esters is 4. The first kappa shape index (κ1) is 53.5. The summed E-state index contributed by atoms with van der Waals surface area (Å²) in [5.74, 6) is 22.7. The summed E-state index contributed by atoms with van der Waals surface area (Å²) in [6.07, 6.45) is 23.6. The first-order valence-electron chi connectivity index (χ1n) is 26.5. The number of terminal acetylenes is 1. The Balaban J connectivity index is 0.938. The highest BCUT2D eigenvalue weighted by Gasteiger charge is 2.41. The van der Waals surface area contributed by atoms with Crippen molar-refractivity contribution in [1.82, 2.24) is 0 Å². The van der Waals surface area contributed by atoms with Crippen LogP contribution < -0.4 is 4.74 Å². The number of hydrogen-bond donors (Lipinski definition) is 0. The second-order valence-electron chi connectivity index (χ2n) is 19.9. The van der Waals surface area contributed by atoms with Crippen LogP contribution in [0.15, 0.2) is 110 Å². The Hall–Kier alpha value is -7.26. The predicted octanol–water partition coefficient (Wildman–Crippen LogP) is 12.8. The molecule has 3 fully saturated rings. The molecule has 0 aromatic heterocycles. The van der Waals surface area contributed by atoms with Gasteiger partial charge >= 0.3 is 23.9 Å². The van der Waals surface area contributed by atoms with E-state index in [1.54, 1.807) is 24.3 Å². The van der Waals surface area contributed by atoms with Crippen LogP contribution in [0.5, 0.6) is 5.75 Å². The molecule has 0 amide bonds. The van der Waals surface area contributed by atoms with Gasteiger partial charge in [0, 0.05) is 39.5 Å². The molecular weight excluding hydrogens is 909 g/mol. The van der Waals surface area contributed by atoms with Crippen LogP contribution in [0, 0.1) is 77.5 Å². The molecule has 0 aliphatic heterocycles. The highest BCUT2D eigenvalue weighted by atomic mass is 16.6. The molecule has 0 unspecified atom stereocenters. The second kappa shape index (κ2) is 27.5. The number of carbonyl (C=O) groups is 4. The van der Waals surface area contributed by atoms with Gasteiger partial charge in [-0.05, 0) is 198 Å². The Kier molecular flexibility index (Phi) is 20.2. The maximum atomic E-state index is 14.0. The molecule has 0 radical (unpaired) electrons. The highest BCUT2D eigenvalue weighted by molar-refractivity contribution is 5.90. The lowest BCUT2D eigenvalue weighted by atomic mass is 9.67. The van der Waals surface area contributed by atoms with E-state index in [9.17, 15) is 19.2 Å². The van der Waals surface area contributed by atoms with Crippen molar-refractivity contribution in [3.05, 3.63) is 149 Å². The summed E-state index contributed by atoms with van der Waals surface area (Å²) in [5.41, 5.74) is 4.61. The smallest absolute Gasteiger partial charge is 0.339 e.